The van der Waals surface area contributed by atoms with Crippen LogP contribution in [0.2, 0.25) is 0 Å². The summed E-state index contributed by atoms with van der Waals surface area (Å²) < 4.78 is 0. The first-order valence-corrected chi connectivity index (χ1v) is 9.03. The fourth-order valence-corrected chi connectivity index (χ4v) is 3.21. The van der Waals surface area contributed by atoms with E-state index in [9.17, 15) is 9.90 Å². The van der Waals surface area contributed by atoms with E-state index in [0.717, 1.165) is 23.2 Å². The molecule has 1 heterocycles. The molecule has 2 rings (SSSR count). The highest BCUT2D eigenvalue weighted by atomic mass is 16.3. The number of amides is 2. The van der Waals surface area contributed by atoms with E-state index in [2.05, 4.69) is 38.7 Å². The van der Waals surface area contributed by atoms with E-state index in [0.29, 0.717) is 19.1 Å². The van der Waals surface area contributed by atoms with Crippen LogP contribution in [0.25, 0.3) is 0 Å². The first-order chi connectivity index (χ1) is 11.5. The van der Waals surface area contributed by atoms with Crippen LogP contribution in [0.15, 0.2) is 6.07 Å². The molecule has 0 aliphatic carbocycles. The number of hydrogen-bond acceptors (Lipinski definition) is 3. The van der Waals surface area contributed by atoms with Crippen molar-refractivity contribution in [2.75, 3.05) is 27.4 Å². The molecular formula is C20H35N3O2. The van der Waals surface area contributed by atoms with Gasteiger partial charge in [0.2, 0.25) is 0 Å². The Morgan fingerprint density at radius 2 is 1.56 bits per heavy atom. The lowest BCUT2D eigenvalue weighted by Gasteiger charge is -2.39. The van der Waals surface area contributed by atoms with Gasteiger partial charge in [-0.2, -0.15) is 0 Å². The van der Waals surface area contributed by atoms with Gasteiger partial charge in [0.1, 0.15) is 5.75 Å². The fourth-order valence-electron chi connectivity index (χ4n) is 3.21. The van der Waals surface area contributed by atoms with Gasteiger partial charge in [0.15, 0.2) is 0 Å². The van der Waals surface area contributed by atoms with E-state index in [1.54, 1.807) is 9.80 Å². The van der Waals surface area contributed by atoms with Crippen LogP contribution < -0.4 is 0 Å². The van der Waals surface area contributed by atoms with Crippen molar-refractivity contribution in [2.24, 2.45) is 0 Å². The van der Waals surface area contributed by atoms with E-state index in [-0.39, 0.29) is 11.4 Å². The molecule has 0 bridgehead atoms. The first-order valence-electron chi connectivity index (χ1n) is 9.03. The molecule has 1 N–H and O–H groups in total. The molecule has 1 aromatic carbocycles. The summed E-state index contributed by atoms with van der Waals surface area (Å²) in [5, 5.41) is 10.6. The molecule has 0 saturated carbocycles. The van der Waals surface area contributed by atoms with Crippen molar-refractivity contribution in [2.45, 2.75) is 60.4 Å². The van der Waals surface area contributed by atoms with E-state index >= 15 is 0 Å². The number of phenols is 1. The molecule has 0 radical (unpaired) electrons. The van der Waals surface area contributed by atoms with Crippen molar-refractivity contribution in [3.8, 4) is 5.75 Å². The highest BCUT2D eigenvalue weighted by molar-refractivity contribution is 5.74. The van der Waals surface area contributed by atoms with Crippen LogP contribution in [-0.4, -0.2) is 53.3 Å². The van der Waals surface area contributed by atoms with Crippen molar-refractivity contribution in [1.29, 1.82) is 0 Å². The normalized spacial score (nSPS) is 16.0. The summed E-state index contributed by atoms with van der Waals surface area (Å²) in [4.78, 5) is 17.5. The Hall–Kier alpha value is -1.75. The predicted octanol–water partition coefficient (Wildman–Crippen LogP) is 4.05. The SMILES string of the molecule is CC.Cc1cc(C(C)(C)C)c(O)c(C)c1CN1CN(C)C(=O)N(C)C1. The van der Waals surface area contributed by atoms with Gasteiger partial charge >= 0.3 is 6.03 Å². The molecule has 1 saturated heterocycles. The lowest BCUT2D eigenvalue weighted by Crippen LogP contribution is -2.54. The third kappa shape index (κ3) is 4.66. The zero-order valence-electron chi connectivity index (χ0n) is 17.4. The Labute approximate surface area is 153 Å². The van der Waals surface area contributed by atoms with Gasteiger partial charge in [-0.3, -0.25) is 4.90 Å². The number of urea groups is 1. The van der Waals surface area contributed by atoms with E-state index in [1.165, 1.54) is 5.56 Å². The summed E-state index contributed by atoms with van der Waals surface area (Å²) in [7, 11) is 3.62. The van der Waals surface area contributed by atoms with Gasteiger partial charge in [-0.25, -0.2) is 4.79 Å². The Balaban J connectivity index is 0.00000151. The highest BCUT2D eigenvalue weighted by Gasteiger charge is 2.27. The maximum atomic E-state index is 11.9. The molecule has 142 valence electrons. The van der Waals surface area contributed by atoms with Crippen LogP contribution in [0.4, 0.5) is 4.79 Å². The largest absolute Gasteiger partial charge is 0.507 e. The summed E-state index contributed by atoms with van der Waals surface area (Å²) in [6.45, 7) is 16.3. The topological polar surface area (TPSA) is 47.0 Å². The van der Waals surface area contributed by atoms with Gasteiger partial charge in [-0.05, 0) is 41.5 Å². The molecule has 0 spiro atoms. The number of nitrogens with zero attached hydrogens (tertiary/aromatic N) is 3. The minimum atomic E-state index is -0.0872. The number of carbonyl (C=O) groups is 1. The van der Waals surface area contributed by atoms with Crippen LogP contribution in [0.5, 0.6) is 5.75 Å². The Morgan fingerprint density at radius 1 is 1.08 bits per heavy atom. The second kappa shape index (κ2) is 8.09. The standard InChI is InChI=1S/C18H29N3O2.C2H6/c1-12-8-15(18(3,4)5)16(22)13(2)14(12)9-21-10-19(6)17(23)20(7)11-21;1-2/h8,22H,9-11H2,1-7H3;1-2H3. The van der Waals surface area contributed by atoms with Crippen molar-refractivity contribution in [1.82, 2.24) is 14.7 Å². The lowest BCUT2D eigenvalue weighted by molar-refractivity contribution is 0.0504. The van der Waals surface area contributed by atoms with E-state index < -0.39 is 0 Å². The first kappa shape index (κ1) is 21.3. The smallest absolute Gasteiger partial charge is 0.321 e. The third-order valence-corrected chi connectivity index (χ3v) is 4.57. The monoisotopic (exact) mass is 349 g/mol. The predicted molar refractivity (Wildman–Crippen MR) is 104 cm³/mol. The summed E-state index contributed by atoms with van der Waals surface area (Å²) in [6, 6.07) is 2.14. The summed E-state index contributed by atoms with van der Waals surface area (Å²) in [5.41, 5.74) is 4.17. The number of benzene rings is 1. The molecule has 0 unspecified atom stereocenters. The third-order valence-electron chi connectivity index (χ3n) is 4.57. The number of aromatic hydroxyl groups is 1. The van der Waals surface area contributed by atoms with Crippen molar-refractivity contribution in [3.05, 3.63) is 28.3 Å². The van der Waals surface area contributed by atoms with Crippen molar-refractivity contribution in [3.63, 3.8) is 0 Å². The number of hydrogen-bond donors (Lipinski definition) is 1. The molecule has 1 aromatic rings. The van der Waals surface area contributed by atoms with Gasteiger partial charge in [-0.15, -0.1) is 0 Å². The molecule has 2 amide bonds. The molecule has 1 fully saturated rings. The molecular weight excluding hydrogens is 314 g/mol. The van der Waals surface area contributed by atoms with Gasteiger partial charge in [0.25, 0.3) is 0 Å². The van der Waals surface area contributed by atoms with Gasteiger partial charge < -0.3 is 14.9 Å². The van der Waals surface area contributed by atoms with Crippen LogP contribution in [0, 0.1) is 13.8 Å². The summed E-state index contributed by atoms with van der Waals surface area (Å²) in [6.07, 6.45) is 0. The number of rotatable bonds is 2. The summed E-state index contributed by atoms with van der Waals surface area (Å²) in [5.74, 6) is 0.396. The minimum Gasteiger partial charge on any atom is -0.507 e. The van der Waals surface area contributed by atoms with Crippen molar-refractivity contribution >= 4 is 6.03 Å². The lowest BCUT2D eigenvalue weighted by atomic mass is 9.82. The zero-order valence-corrected chi connectivity index (χ0v) is 17.4. The molecule has 25 heavy (non-hydrogen) atoms. The van der Waals surface area contributed by atoms with Crippen LogP contribution in [-0.2, 0) is 12.0 Å². The van der Waals surface area contributed by atoms with Crippen LogP contribution in [0.3, 0.4) is 0 Å². The molecule has 1 aliphatic rings. The maximum absolute atomic E-state index is 11.9. The Bertz CT molecular complexity index is 606. The quantitative estimate of drug-likeness (QED) is 0.876. The second-order valence-electron chi connectivity index (χ2n) is 7.73. The Kier molecular flexibility index (Phi) is 6.89. The number of aryl methyl sites for hydroxylation is 1. The molecule has 1 aliphatic heterocycles. The minimum absolute atomic E-state index is 0.0422. The zero-order chi connectivity index (χ0) is 19.5. The van der Waals surface area contributed by atoms with Crippen molar-refractivity contribution < 1.29 is 9.90 Å². The average Bonchev–Trinajstić information content (AvgIpc) is 2.53. The van der Waals surface area contributed by atoms with Gasteiger partial charge in [-0.1, -0.05) is 40.7 Å². The second-order valence-corrected chi connectivity index (χ2v) is 7.73. The number of carbonyl (C=O) groups excluding carboxylic acids is 1. The van der Waals surface area contributed by atoms with E-state index in [4.69, 9.17) is 0 Å². The van der Waals surface area contributed by atoms with Crippen LogP contribution in [0.1, 0.15) is 56.9 Å². The van der Waals surface area contributed by atoms with Gasteiger partial charge in [0.05, 0.1) is 13.3 Å². The summed E-state index contributed by atoms with van der Waals surface area (Å²) >= 11 is 0. The maximum Gasteiger partial charge on any atom is 0.321 e. The number of phenolic OH excluding ortho intramolecular Hbond substituents is 1. The average molecular weight is 350 g/mol. The highest BCUT2D eigenvalue weighted by Crippen LogP contribution is 2.36. The van der Waals surface area contributed by atoms with Gasteiger partial charge in [0, 0.05) is 20.6 Å². The van der Waals surface area contributed by atoms with E-state index in [1.807, 2.05) is 34.9 Å². The molecule has 0 atom stereocenters. The molecule has 5 nitrogen and oxygen atoms in total. The molecule has 5 heteroatoms. The fraction of sp³-hybridized carbons (Fsp3) is 0.650. The van der Waals surface area contributed by atoms with Crippen LogP contribution >= 0.6 is 0 Å². The Morgan fingerprint density at radius 3 is 2.00 bits per heavy atom. The molecule has 0 aromatic heterocycles.